The molecular weight excluding hydrogens is 276 g/mol. The fourth-order valence-electron chi connectivity index (χ4n) is 2.13. The molecule has 4 nitrogen and oxygen atoms in total. The Bertz CT molecular complexity index is 621. The second-order valence-electron chi connectivity index (χ2n) is 5.22. The van der Waals surface area contributed by atoms with Crippen molar-refractivity contribution < 1.29 is 9.59 Å². The number of rotatable bonds is 4. The molecule has 2 rings (SSSR count). The predicted octanol–water partition coefficient (Wildman–Crippen LogP) is 2.24. The van der Waals surface area contributed by atoms with Gasteiger partial charge in [-0.25, -0.2) is 0 Å². The predicted molar refractivity (Wildman–Crippen MR) is 86.1 cm³/mol. The summed E-state index contributed by atoms with van der Waals surface area (Å²) in [4.78, 5) is 23.6. The quantitative estimate of drug-likeness (QED) is 0.850. The molecule has 22 heavy (non-hydrogen) atoms. The lowest BCUT2D eigenvalue weighted by molar-refractivity contribution is -0.139. The van der Waals surface area contributed by atoms with Gasteiger partial charge >= 0.3 is 11.8 Å². The maximum atomic E-state index is 11.8. The van der Waals surface area contributed by atoms with Crippen LogP contribution in [-0.4, -0.2) is 11.8 Å². The first-order valence-corrected chi connectivity index (χ1v) is 7.23. The van der Waals surface area contributed by atoms with Crippen LogP contribution in [0, 0.1) is 13.8 Å². The molecule has 0 spiro atoms. The topological polar surface area (TPSA) is 58.2 Å². The highest BCUT2D eigenvalue weighted by atomic mass is 16.2. The average Bonchev–Trinajstić information content (AvgIpc) is 2.52. The van der Waals surface area contributed by atoms with Crippen LogP contribution in [0.25, 0.3) is 0 Å². The summed E-state index contributed by atoms with van der Waals surface area (Å²) in [6.07, 6.45) is 0. The molecule has 0 saturated heterocycles. The minimum absolute atomic E-state index is 0.350. The highest BCUT2D eigenvalue weighted by molar-refractivity contribution is 6.35. The van der Waals surface area contributed by atoms with Gasteiger partial charge in [0.15, 0.2) is 0 Å². The highest BCUT2D eigenvalue weighted by Gasteiger charge is 2.13. The molecule has 2 aromatic carbocycles. The lowest BCUT2D eigenvalue weighted by Crippen LogP contribution is -2.39. The van der Waals surface area contributed by atoms with E-state index >= 15 is 0 Å². The molecule has 0 aromatic heterocycles. The first-order chi connectivity index (χ1) is 10.6. The normalized spacial score (nSPS) is 10.1. The molecule has 0 unspecified atom stereocenters. The van der Waals surface area contributed by atoms with Crippen molar-refractivity contribution in [2.75, 3.05) is 0 Å². The van der Waals surface area contributed by atoms with Crippen molar-refractivity contribution in [1.29, 1.82) is 0 Å². The number of carbonyl (C=O) groups is 2. The Morgan fingerprint density at radius 1 is 0.727 bits per heavy atom. The van der Waals surface area contributed by atoms with Gasteiger partial charge in [0.1, 0.15) is 0 Å². The van der Waals surface area contributed by atoms with Gasteiger partial charge in [-0.2, -0.15) is 0 Å². The van der Waals surface area contributed by atoms with Crippen molar-refractivity contribution in [2.45, 2.75) is 26.9 Å². The molecule has 0 fully saturated rings. The van der Waals surface area contributed by atoms with E-state index in [4.69, 9.17) is 0 Å². The summed E-state index contributed by atoms with van der Waals surface area (Å²) in [7, 11) is 0. The molecule has 4 heteroatoms. The lowest BCUT2D eigenvalue weighted by atomic mass is 10.1. The van der Waals surface area contributed by atoms with E-state index in [1.165, 1.54) is 0 Å². The molecule has 0 aliphatic rings. The Labute approximate surface area is 130 Å². The summed E-state index contributed by atoms with van der Waals surface area (Å²) in [5.41, 5.74) is 4.18. The van der Waals surface area contributed by atoms with Crippen LogP contribution in [0.1, 0.15) is 22.3 Å². The Kier molecular flexibility index (Phi) is 5.31. The maximum Gasteiger partial charge on any atom is 0.309 e. The minimum atomic E-state index is -0.614. The smallest absolute Gasteiger partial charge is 0.309 e. The standard InChI is InChI=1S/C18H20N2O2/c1-13-7-3-5-9-15(13)11-19-17(21)18(22)20-12-16-10-6-4-8-14(16)2/h3-10H,11-12H2,1-2H3,(H,19,21)(H,20,22). The molecule has 2 N–H and O–H groups in total. The van der Waals surface area contributed by atoms with Gasteiger partial charge in [0.25, 0.3) is 0 Å². The fraction of sp³-hybridized carbons (Fsp3) is 0.222. The van der Waals surface area contributed by atoms with Gasteiger partial charge in [0, 0.05) is 13.1 Å². The van der Waals surface area contributed by atoms with Crippen molar-refractivity contribution >= 4 is 11.8 Å². The van der Waals surface area contributed by atoms with Crippen molar-refractivity contribution in [3.05, 3.63) is 70.8 Å². The van der Waals surface area contributed by atoms with Gasteiger partial charge in [-0.15, -0.1) is 0 Å². The molecule has 0 heterocycles. The second kappa shape index (κ2) is 7.41. The van der Waals surface area contributed by atoms with Crippen LogP contribution in [0.3, 0.4) is 0 Å². The summed E-state index contributed by atoms with van der Waals surface area (Å²) in [5, 5.41) is 5.28. The summed E-state index contributed by atoms with van der Waals surface area (Å²) in [6, 6.07) is 15.5. The zero-order valence-electron chi connectivity index (χ0n) is 12.8. The number of nitrogens with one attached hydrogen (secondary N) is 2. The first-order valence-electron chi connectivity index (χ1n) is 7.23. The third kappa shape index (κ3) is 4.19. The zero-order valence-corrected chi connectivity index (χ0v) is 12.8. The third-order valence-electron chi connectivity index (χ3n) is 3.61. The molecular formula is C18H20N2O2. The summed E-state index contributed by atoms with van der Waals surface area (Å²) >= 11 is 0. The van der Waals surface area contributed by atoms with Crippen LogP contribution in [0.5, 0.6) is 0 Å². The van der Waals surface area contributed by atoms with E-state index in [-0.39, 0.29) is 0 Å². The Morgan fingerprint density at radius 3 is 1.45 bits per heavy atom. The highest BCUT2D eigenvalue weighted by Crippen LogP contribution is 2.07. The molecule has 0 atom stereocenters. The van der Waals surface area contributed by atoms with Crippen LogP contribution in [0.15, 0.2) is 48.5 Å². The monoisotopic (exact) mass is 296 g/mol. The van der Waals surface area contributed by atoms with Gasteiger partial charge in [-0.3, -0.25) is 9.59 Å². The molecule has 114 valence electrons. The van der Waals surface area contributed by atoms with Crippen molar-refractivity contribution in [1.82, 2.24) is 10.6 Å². The molecule has 0 bridgehead atoms. The van der Waals surface area contributed by atoms with Gasteiger partial charge in [0.2, 0.25) is 0 Å². The van der Waals surface area contributed by atoms with E-state index in [1.54, 1.807) is 0 Å². The molecule has 0 aliphatic heterocycles. The van der Waals surface area contributed by atoms with E-state index < -0.39 is 11.8 Å². The van der Waals surface area contributed by atoms with Gasteiger partial charge in [-0.05, 0) is 36.1 Å². The van der Waals surface area contributed by atoms with E-state index in [2.05, 4.69) is 10.6 Å². The molecule has 0 radical (unpaired) electrons. The number of benzene rings is 2. The first kappa shape index (κ1) is 15.8. The van der Waals surface area contributed by atoms with Crippen molar-refractivity contribution in [2.24, 2.45) is 0 Å². The number of carbonyl (C=O) groups excluding carboxylic acids is 2. The lowest BCUT2D eigenvalue weighted by Gasteiger charge is -2.09. The number of aryl methyl sites for hydroxylation is 2. The molecule has 2 aromatic rings. The zero-order chi connectivity index (χ0) is 15.9. The summed E-state index contributed by atoms with van der Waals surface area (Å²) in [6.45, 7) is 4.64. The third-order valence-corrected chi connectivity index (χ3v) is 3.61. The number of amides is 2. The van der Waals surface area contributed by atoms with Crippen LogP contribution in [0.4, 0.5) is 0 Å². The summed E-state index contributed by atoms with van der Waals surface area (Å²) < 4.78 is 0. The largest absolute Gasteiger partial charge is 0.344 e. The molecule has 0 aliphatic carbocycles. The molecule has 0 saturated carbocycles. The Balaban J connectivity index is 1.84. The van der Waals surface area contributed by atoms with E-state index in [0.29, 0.717) is 13.1 Å². The van der Waals surface area contributed by atoms with Crippen LogP contribution in [0.2, 0.25) is 0 Å². The molecule has 2 amide bonds. The van der Waals surface area contributed by atoms with Crippen LogP contribution < -0.4 is 10.6 Å². The number of hydrogen-bond acceptors (Lipinski definition) is 2. The SMILES string of the molecule is Cc1ccccc1CNC(=O)C(=O)NCc1ccccc1C. The van der Waals surface area contributed by atoms with E-state index in [1.807, 2.05) is 62.4 Å². The van der Waals surface area contributed by atoms with Crippen molar-refractivity contribution in [3.63, 3.8) is 0 Å². The number of hydrogen-bond donors (Lipinski definition) is 2. The Morgan fingerprint density at radius 2 is 1.09 bits per heavy atom. The van der Waals surface area contributed by atoms with Gasteiger partial charge in [0.05, 0.1) is 0 Å². The van der Waals surface area contributed by atoms with Crippen molar-refractivity contribution in [3.8, 4) is 0 Å². The second-order valence-corrected chi connectivity index (χ2v) is 5.22. The van der Waals surface area contributed by atoms with E-state index in [9.17, 15) is 9.59 Å². The van der Waals surface area contributed by atoms with E-state index in [0.717, 1.165) is 22.3 Å². The average molecular weight is 296 g/mol. The van der Waals surface area contributed by atoms with Gasteiger partial charge < -0.3 is 10.6 Å². The van der Waals surface area contributed by atoms with Crippen LogP contribution >= 0.6 is 0 Å². The fourth-order valence-corrected chi connectivity index (χ4v) is 2.13. The summed E-state index contributed by atoms with van der Waals surface area (Å²) in [5.74, 6) is -1.23. The van der Waals surface area contributed by atoms with Gasteiger partial charge in [-0.1, -0.05) is 48.5 Å². The van der Waals surface area contributed by atoms with Crippen LogP contribution in [-0.2, 0) is 22.7 Å². The maximum absolute atomic E-state index is 11.8. The Hall–Kier alpha value is -2.62. The minimum Gasteiger partial charge on any atom is -0.344 e.